The monoisotopic (exact) mass is 1320 g/mol. The van der Waals surface area contributed by atoms with Crippen LogP contribution in [0.1, 0.15) is 81.1 Å². The van der Waals surface area contributed by atoms with Gasteiger partial charge in [0.2, 0.25) is 35.4 Å². The van der Waals surface area contributed by atoms with E-state index in [1.165, 1.54) is 48.6 Å². The smallest absolute Gasteiger partial charge is 0.251 e. The molecule has 4 heterocycles. The molecular weight excluding hydrogens is 1230 g/mol. The fourth-order valence-electron chi connectivity index (χ4n) is 11.2. The number of phenolic OH excluding ortho intramolecular Hbond substituents is 1. The van der Waals surface area contributed by atoms with Gasteiger partial charge in [-0.3, -0.25) is 33.6 Å². The molecule has 29 nitrogen and oxygen atoms in total. The van der Waals surface area contributed by atoms with E-state index >= 15 is 0 Å². The third-order valence-electron chi connectivity index (χ3n) is 16.4. The molecule has 1 aromatic heterocycles. The van der Waals surface area contributed by atoms with Crippen molar-refractivity contribution in [2.24, 2.45) is 11.7 Å². The van der Waals surface area contributed by atoms with Crippen molar-refractivity contribution in [1.82, 2.24) is 51.9 Å². The molecule has 7 amide bonds. The zero-order valence-electron chi connectivity index (χ0n) is 52.7. The largest absolute Gasteiger partial charge is 0.504 e. The molecule has 0 spiro atoms. The number of ether oxygens (including phenoxy) is 4. The van der Waals surface area contributed by atoms with Gasteiger partial charge in [-0.1, -0.05) is 55.7 Å². The Hall–Kier alpha value is -7.49. The highest BCUT2D eigenvalue weighted by molar-refractivity contribution is 7.17. The molecule has 3 aromatic carbocycles. The van der Waals surface area contributed by atoms with Crippen LogP contribution in [0.15, 0.2) is 66.7 Å². The second kappa shape index (κ2) is 35.7. The lowest BCUT2D eigenvalue weighted by molar-refractivity contribution is -0.147. The van der Waals surface area contributed by atoms with E-state index < -0.39 is 152 Å². The Morgan fingerprint density at radius 1 is 0.699 bits per heavy atom. The van der Waals surface area contributed by atoms with Crippen molar-refractivity contribution in [1.29, 1.82) is 0 Å². The number of carbonyl (C=O) groups excluding carboxylic acids is 7. The lowest BCUT2D eigenvalue weighted by atomic mass is 9.98. The number of nitrogens with two attached hydrogens (primary N) is 1. The van der Waals surface area contributed by atoms with Crippen LogP contribution in [0.5, 0.6) is 17.2 Å². The molecule has 30 heteroatoms. The van der Waals surface area contributed by atoms with Gasteiger partial charge >= 0.3 is 0 Å². The Bertz CT molecular complexity index is 3110. The molecule has 3 aliphatic rings. The number of hydrogen-bond donors (Lipinski definition) is 14. The van der Waals surface area contributed by atoms with E-state index in [0.29, 0.717) is 41.9 Å². The molecule has 3 fully saturated rings. The lowest BCUT2D eigenvalue weighted by Gasteiger charge is -2.34. The minimum absolute atomic E-state index is 0.00316. The number of methoxy groups -OCH3 is 2. The number of unbranched alkanes of at least 4 members (excludes halogenated alkanes) is 4. The van der Waals surface area contributed by atoms with E-state index in [1.54, 1.807) is 26.4 Å². The number of amides is 7. The number of phenols is 1. The molecule has 3 saturated heterocycles. The van der Waals surface area contributed by atoms with E-state index in [0.717, 1.165) is 66.7 Å². The summed E-state index contributed by atoms with van der Waals surface area (Å²) in [5.41, 5.74) is 7.54. The van der Waals surface area contributed by atoms with Crippen LogP contribution in [0, 0.1) is 5.92 Å². The summed E-state index contributed by atoms with van der Waals surface area (Å²) in [4.78, 5) is 104. The van der Waals surface area contributed by atoms with Gasteiger partial charge in [-0.15, -0.1) is 10.2 Å². The van der Waals surface area contributed by atoms with Crippen molar-refractivity contribution < 1.29 is 88.3 Å². The number of fused-ring (bicyclic) bond motifs is 2. The molecule has 0 aliphatic carbocycles. The highest BCUT2D eigenvalue weighted by atomic mass is 32.1. The Morgan fingerprint density at radius 2 is 1.32 bits per heavy atom. The van der Waals surface area contributed by atoms with E-state index in [9.17, 15) is 69.3 Å². The average molecular weight is 1320 g/mol. The summed E-state index contributed by atoms with van der Waals surface area (Å²) < 4.78 is 21.8. The van der Waals surface area contributed by atoms with Crippen LogP contribution in [-0.2, 0) is 44.7 Å². The van der Waals surface area contributed by atoms with Gasteiger partial charge in [0.25, 0.3) is 5.91 Å². The molecule has 1 unspecified atom stereocenters. The number of rotatable bonds is 27. The summed E-state index contributed by atoms with van der Waals surface area (Å²) in [5.74, 6) is -7.88. The van der Waals surface area contributed by atoms with Crippen molar-refractivity contribution in [3.8, 4) is 38.4 Å². The van der Waals surface area contributed by atoms with E-state index in [1.807, 2.05) is 24.3 Å². The number of nitrogens with one attached hydrogen (secondary N) is 6. The Kier molecular flexibility index (Phi) is 28.0. The maximum Gasteiger partial charge on any atom is 0.251 e. The second-order valence-electron chi connectivity index (χ2n) is 23.6. The van der Waals surface area contributed by atoms with Gasteiger partial charge < -0.3 is 102 Å². The number of β-amino-alcohol motifs (C(OH)–C–C–N with tert-alkyl or cyclic N) is 1. The quantitative estimate of drug-likeness (QED) is 0.0301. The number of aliphatic hydroxyl groups is 6. The Labute approximate surface area is 543 Å². The highest BCUT2D eigenvalue weighted by Crippen LogP contribution is 2.33. The van der Waals surface area contributed by atoms with Crippen LogP contribution in [0.3, 0.4) is 0 Å². The number of nitrogens with zero attached hydrogens (tertiary/aromatic N) is 4. The molecule has 15 N–H and O–H groups in total. The molecule has 93 heavy (non-hydrogen) atoms. The van der Waals surface area contributed by atoms with Gasteiger partial charge in [0.15, 0.2) is 11.5 Å². The standard InChI is InChI=1S/C63H89N11O18S/c1-35-33-74-53(54(35)81)59(86)66-32-41(76)30-44(67-55(82)38-11-13-39(14-12-38)60-71-72-61(93-60)40-15-17-43(18-16-40)91-25-9-7-5-6-8-24-89-3)56(83)68-50(36(2)75)62(87)73-34-42(77)31-45(73)57(84)69-51(58(85)70-52(63(74)88)47(79)20-21-64)48(80)28-37-10-19-46(78)49(29-37)92-27-23-65-22-26-90-4/h10-19,29,35-36,41-42,44-45,47-48,50-54,65,75-81H,5-9,20-28,30-34,64H2,1-4H3,(H,66,86)(H,67,82)(H,68,83)(H,69,84)(H,70,85)/t35-,36+,41+,42+,44?,45-,47+,48+,50-,51-,52-,53-,54-/m0/s1. The van der Waals surface area contributed by atoms with Gasteiger partial charge in [-0.2, -0.15) is 0 Å². The molecule has 0 radical (unpaired) electrons. The first kappa shape index (κ1) is 72.9. The molecule has 4 aromatic rings. The maximum atomic E-state index is 14.8. The minimum Gasteiger partial charge on any atom is -0.504 e. The summed E-state index contributed by atoms with van der Waals surface area (Å²) in [6.45, 7) is 3.76. The molecular formula is C63H89N11O18S. The number of carbonyl (C=O) groups is 7. The van der Waals surface area contributed by atoms with Crippen LogP contribution >= 0.6 is 11.3 Å². The SMILES string of the molecule is COCCCCCCCOc1ccc(-c2nnc(-c3ccc(C(=O)NC4C[C@@H](O)CNC(=O)[C@@H]5[C@@H](O)[C@@H](C)CN5C(=O)[C@H]([C@H](O)CCN)NC(=O)[C@H]([C@H](O)Cc5ccc(O)c(OCCNCCOC)c5)NC(=O)[C@@H]5C[C@@H](O)CN5C(=O)[C@H]([C@@H](C)O)NC4=O)cc3)s2)cc1. The van der Waals surface area contributed by atoms with Gasteiger partial charge in [0, 0.05) is 95.4 Å². The third-order valence-corrected chi connectivity index (χ3v) is 17.4. The zero-order chi connectivity index (χ0) is 67.3. The summed E-state index contributed by atoms with van der Waals surface area (Å²) in [7, 11) is 3.25. The summed E-state index contributed by atoms with van der Waals surface area (Å²) >= 11 is 1.31. The minimum atomic E-state index is -2.05. The van der Waals surface area contributed by atoms with Crippen LogP contribution in [-0.4, -0.2) is 250 Å². The van der Waals surface area contributed by atoms with E-state index in [2.05, 4.69) is 42.1 Å². The first-order valence-corrected chi connectivity index (χ1v) is 32.1. The number of aliphatic hydroxyl groups excluding tert-OH is 6. The molecule has 7 rings (SSSR count). The number of benzene rings is 3. The van der Waals surface area contributed by atoms with E-state index in [-0.39, 0.29) is 48.7 Å². The van der Waals surface area contributed by atoms with E-state index in [4.69, 9.17) is 24.7 Å². The second-order valence-corrected chi connectivity index (χ2v) is 24.6. The maximum absolute atomic E-state index is 14.8. The van der Waals surface area contributed by atoms with Crippen molar-refractivity contribution in [3.63, 3.8) is 0 Å². The fraction of sp³-hybridized carbons (Fsp3) is 0.571. The Morgan fingerprint density at radius 3 is 1.99 bits per heavy atom. The van der Waals surface area contributed by atoms with Gasteiger partial charge in [-0.25, -0.2) is 0 Å². The summed E-state index contributed by atoms with van der Waals surface area (Å²) in [5, 5.41) is 105. The van der Waals surface area contributed by atoms with Gasteiger partial charge in [-0.05, 0) is 86.8 Å². The van der Waals surface area contributed by atoms with Gasteiger partial charge in [0.05, 0.1) is 49.8 Å². The molecule has 3 aliphatic heterocycles. The molecule has 510 valence electrons. The average Bonchev–Trinajstić information content (AvgIpc) is 1.69. The molecule has 0 saturated carbocycles. The van der Waals surface area contributed by atoms with Gasteiger partial charge in [0.1, 0.15) is 58.6 Å². The van der Waals surface area contributed by atoms with Crippen molar-refractivity contribution in [3.05, 3.63) is 77.9 Å². The third kappa shape index (κ3) is 20.3. The predicted octanol–water partition coefficient (Wildman–Crippen LogP) is -1.53. The first-order chi connectivity index (χ1) is 44.6. The normalized spacial score (nSPS) is 24.5. The van der Waals surface area contributed by atoms with Crippen LogP contribution in [0.25, 0.3) is 21.1 Å². The van der Waals surface area contributed by atoms with Crippen LogP contribution in [0.2, 0.25) is 0 Å². The van der Waals surface area contributed by atoms with Crippen molar-refractivity contribution in [2.45, 2.75) is 145 Å². The first-order valence-electron chi connectivity index (χ1n) is 31.3. The van der Waals surface area contributed by atoms with Crippen molar-refractivity contribution >= 4 is 52.7 Å². The Balaban J connectivity index is 1.14. The number of aromatic hydroxyl groups is 1. The number of aromatic nitrogens is 2. The fourth-order valence-corrected chi connectivity index (χ4v) is 12.0. The lowest BCUT2D eigenvalue weighted by Crippen LogP contribution is -2.64. The van der Waals surface area contributed by atoms with Crippen LogP contribution < -0.4 is 47.1 Å². The van der Waals surface area contributed by atoms with Crippen molar-refractivity contribution in [2.75, 3.05) is 79.9 Å². The molecule has 0 bridgehead atoms. The number of hydrogen-bond acceptors (Lipinski definition) is 23. The highest BCUT2D eigenvalue weighted by Gasteiger charge is 2.50. The summed E-state index contributed by atoms with van der Waals surface area (Å²) in [6, 6.07) is 6.76. The predicted molar refractivity (Wildman–Crippen MR) is 338 cm³/mol. The van der Waals surface area contributed by atoms with Crippen LogP contribution in [0.4, 0.5) is 0 Å². The summed E-state index contributed by atoms with van der Waals surface area (Å²) in [6.07, 6.45) is -6.62. The topological polar surface area (TPSA) is 428 Å². The zero-order valence-corrected chi connectivity index (χ0v) is 53.5. The molecule has 13 atom stereocenters.